The summed E-state index contributed by atoms with van der Waals surface area (Å²) in [5, 5.41) is 0. The predicted octanol–water partition coefficient (Wildman–Crippen LogP) is 6.43. The quantitative estimate of drug-likeness (QED) is 0.300. The van der Waals surface area contributed by atoms with Crippen molar-refractivity contribution < 1.29 is 14.2 Å². The average molecular weight is 466 g/mol. The van der Waals surface area contributed by atoms with E-state index in [4.69, 9.17) is 14.2 Å². The van der Waals surface area contributed by atoms with Crippen LogP contribution in [0.5, 0.6) is 17.2 Å². The van der Waals surface area contributed by atoms with Gasteiger partial charge in [0.2, 0.25) is 0 Å². The van der Waals surface area contributed by atoms with Crippen molar-refractivity contribution in [3.8, 4) is 17.2 Å². The molecule has 4 nitrogen and oxygen atoms in total. The van der Waals surface area contributed by atoms with Gasteiger partial charge in [0, 0.05) is 19.0 Å². The number of fused-ring (bicyclic) bond motifs is 1. The van der Waals surface area contributed by atoms with Gasteiger partial charge in [0.1, 0.15) is 19.0 Å². The third-order valence-electron chi connectivity index (χ3n) is 6.50. The number of ether oxygens (including phenoxy) is 3. The highest BCUT2D eigenvalue weighted by molar-refractivity contribution is 5.52. The highest BCUT2D eigenvalue weighted by atomic mass is 16.5. The maximum atomic E-state index is 6.18. The molecule has 4 aromatic carbocycles. The van der Waals surface area contributed by atoms with Crippen LogP contribution in [0, 0.1) is 0 Å². The van der Waals surface area contributed by atoms with E-state index in [-0.39, 0.29) is 5.92 Å². The Balaban J connectivity index is 1.35. The second kappa shape index (κ2) is 10.7. The molecule has 0 aromatic heterocycles. The van der Waals surface area contributed by atoms with Gasteiger partial charge in [0.25, 0.3) is 0 Å². The first-order valence-corrected chi connectivity index (χ1v) is 12.0. The predicted molar refractivity (Wildman–Crippen MR) is 139 cm³/mol. The highest BCUT2D eigenvalue weighted by Crippen LogP contribution is 2.40. The van der Waals surface area contributed by atoms with Crippen LogP contribution in [0.3, 0.4) is 0 Å². The van der Waals surface area contributed by atoms with Gasteiger partial charge >= 0.3 is 0 Å². The lowest BCUT2D eigenvalue weighted by molar-refractivity contribution is 0.274. The molecule has 0 saturated heterocycles. The van der Waals surface area contributed by atoms with Crippen molar-refractivity contribution in [2.45, 2.75) is 25.7 Å². The molecule has 0 saturated carbocycles. The molecule has 0 fully saturated rings. The van der Waals surface area contributed by atoms with Crippen LogP contribution in [-0.4, -0.2) is 25.6 Å². The van der Waals surface area contributed by atoms with E-state index in [9.17, 15) is 0 Å². The molecule has 178 valence electrons. The van der Waals surface area contributed by atoms with Gasteiger partial charge in [-0.05, 0) is 59.1 Å². The Morgan fingerprint density at radius 1 is 0.743 bits per heavy atom. The molecule has 0 radical (unpaired) electrons. The number of benzene rings is 4. The minimum atomic E-state index is 0.254. The van der Waals surface area contributed by atoms with Crippen LogP contribution < -0.4 is 14.2 Å². The fourth-order valence-corrected chi connectivity index (χ4v) is 4.67. The van der Waals surface area contributed by atoms with Crippen molar-refractivity contribution in [2.75, 3.05) is 20.7 Å². The van der Waals surface area contributed by atoms with Crippen molar-refractivity contribution in [1.82, 2.24) is 4.90 Å². The van der Waals surface area contributed by atoms with Gasteiger partial charge in [-0.3, -0.25) is 0 Å². The Morgan fingerprint density at radius 3 is 2.00 bits per heavy atom. The molecular formula is C31H31NO3. The van der Waals surface area contributed by atoms with Crippen LogP contribution in [0.4, 0.5) is 0 Å². The summed E-state index contributed by atoms with van der Waals surface area (Å²) in [7, 11) is 3.88. The van der Waals surface area contributed by atoms with Crippen LogP contribution in [0.25, 0.3) is 0 Å². The first-order valence-electron chi connectivity index (χ1n) is 12.0. The molecule has 0 aliphatic carbocycles. The van der Waals surface area contributed by atoms with Crippen LogP contribution in [0.1, 0.15) is 33.7 Å². The number of nitrogens with zero attached hydrogens (tertiary/aromatic N) is 1. The summed E-state index contributed by atoms with van der Waals surface area (Å²) in [4.78, 5) is 2.36. The number of hydrogen-bond donors (Lipinski definition) is 0. The lowest BCUT2D eigenvalue weighted by atomic mass is 9.84. The average Bonchev–Trinajstić information content (AvgIpc) is 2.91. The lowest BCUT2D eigenvalue weighted by Crippen LogP contribution is -2.31. The highest BCUT2D eigenvalue weighted by Gasteiger charge is 2.27. The van der Waals surface area contributed by atoms with Gasteiger partial charge in [0.15, 0.2) is 11.5 Å². The van der Waals surface area contributed by atoms with E-state index in [1.807, 2.05) is 36.4 Å². The van der Waals surface area contributed by atoms with Gasteiger partial charge in [-0.1, -0.05) is 72.8 Å². The maximum absolute atomic E-state index is 6.18. The summed E-state index contributed by atoms with van der Waals surface area (Å²) in [5.74, 6) is 2.69. The van der Waals surface area contributed by atoms with E-state index in [0.717, 1.165) is 41.5 Å². The summed E-state index contributed by atoms with van der Waals surface area (Å²) in [6.45, 7) is 2.91. The molecule has 0 bridgehead atoms. The standard InChI is InChI=1S/C31H31NO3/c1-32-19-26-17-31(35-22-24-11-7-4-8-12-24)30(33-2)18-28(26)29(20-32)25-13-15-27(16-14-25)34-21-23-9-5-3-6-10-23/h3-18,29H,19-22H2,1-2H3/t29-/m0/s1. The molecule has 1 aliphatic rings. The monoisotopic (exact) mass is 465 g/mol. The molecule has 1 atom stereocenters. The normalized spacial score (nSPS) is 15.3. The zero-order chi connectivity index (χ0) is 24.0. The molecule has 0 N–H and O–H groups in total. The number of hydrogen-bond acceptors (Lipinski definition) is 4. The molecule has 5 rings (SSSR count). The fourth-order valence-electron chi connectivity index (χ4n) is 4.67. The van der Waals surface area contributed by atoms with Gasteiger partial charge in [-0.2, -0.15) is 0 Å². The van der Waals surface area contributed by atoms with E-state index < -0.39 is 0 Å². The molecule has 4 aromatic rings. The Hall–Kier alpha value is -3.76. The Kier molecular flexibility index (Phi) is 7.01. The molecule has 0 unspecified atom stereocenters. The number of methoxy groups -OCH3 is 1. The van der Waals surface area contributed by atoms with Crippen LogP contribution in [0.15, 0.2) is 97.1 Å². The first kappa shape index (κ1) is 23.0. The van der Waals surface area contributed by atoms with Crippen LogP contribution in [-0.2, 0) is 19.8 Å². The summed E-state index contributed by atoms with van der Waals surface area (Å²) in [6, 6.07) is 33.3. The molecule has 0 amide bonds. The lowest BCUT2D eigenvalue weighted by Gasteiger charge is -2.33. The van der Waals surface area contributed by atoms with E-state index in [2.05, 4.69) is 72.6 Å². The summed E-state index contributed by atoms with van der Waals surface area (Å²) >= 11 is 0. The van der Waals surface area contributed by atoms with E-state index in [1.54, 1.807) is 7.11 Å². The van der Waals surface area contributed by atoms with Crippen LogP contribution in [0.2, 0.25) is 0 Å². The van der Waals surface area contributed by atoms with Crippen molar-refractivity contribution in [2.24, 2.45) is 0 Å². The van der Waals surface area contributed by atoms with E-state index in [0.29, 0.717) is 13.2 Å². The summed E-state index contributed by atoms with van der Waals surface area (Å²) < 4.78 is 17.9. The SMILES string of the molecule is COc1cc2c(cc1OCc1ccccc1)CN(C)C[C@H]2c1ccc(OCc2ccccc2)cc1. The summed E-state index contributed by atoms with van der Waals surface area (Å²) in [5.41, 5.74) is 6.14. The summed E-state index contributed by atoms with van der Waals surface area (Å²) in [6.07, 6.45) is 0. The zero-order valence-corrected chi connectivity index (χ0v) is 20.3. The third kappa shape index (κ3) is 5.50. The Morgan fingerprint density at radius 2 is 1.37 bits per heavy atom. The third-order valence-corrected chi connectivity index (χ3v) is 6.50. The molecule has 0 spiro atoms. The number of likely N-dealkylation sites (N-methyl/N-ethyl adjacent to an activating group) is 1. The smallest absolute Gasteiger partial charge is 0.162 e. The molecular weight excluding hydrogens is 434 g/mol. The molecule has 4 heteroatoms. The van der Waals surface area contributed by atoms with Crippen LogP contribution >= 0.6 is 0 Å². The van der Waals surface area contributed by atoms with Gasteiger partial charge in [-0.15, -0.1) is 0 Å². The Bertz CT molecular complexity index is 1240. The number of rotatable bonds is 8. The Labute approximate surface area is 207 Å². The largest absolute Gasteiger partial charge is 0.493 e. The molecule has 1 heterocycles. The van der Waals surface area contributed by atoms with Crippen molar-refractivity contribution >= 4 is 0 Å². The van der Waals surface area contributed by atoms with Crippen molar-refractivity contribution in [3.05, 3.63) is 125 Å². The van der Waals surface area contributed by atoms with E-state index in [1.165, 1.54) is 16.7 Å². The minimum absolute atomic E-state index is 0.254. The van der Waals surface area contributed by atoms with Crippen molar-refractivity contribution in [3.63, 3.8) is 0 Å². The topological polar surface area (TPSA) is 30.9 Å². The van der Waals surface area contributed by atoms with Gasteiger partial charge in [-0.25, -0.2) is 0 Å². The van der Waals surface area contributed by atoms with Gasteiger partial charge < -0.3 is 19.1 Å². The zero-order valence-electron chi connectivity index (χ0n) is 20.3. The van der Waals surface area contributed by atoms with Crippen molar-refractivity contribution in [1.29, 1.82) is 0 Å². The minimum Gasteiger partial charge on any atom is -0.493 e. The fraction of sp³-hybridized carbons (Fsp3) is 0.226. The second-order valence-corrected chi connectivity index (χ2v) is 9.07. The van der Waals surface area contributed by atoms with E-state index >= 15 is 0 Å². The van der Waals surface area contributed by atoms with Gasteiger partial charge in [0.05, 0.1) is 7.11 Å². The molecule has 1 aliphatic heterocycles. The first-order chi connectivity index (χ1) is 17.2. The second-order valence-electron chi connectivity index (χ2n) is 9.07. The maximum Gasteiger partial charge on any atom is 0.162 e. The molecule has 35 heavy (non-hydrogen) atoms.